The van der Waals surface area contributed by atoms with E-state index in [-0.39, 0.29) is 0 Å². The maximum Gasteiger partial charge on any atom is 0.155 e. The predicted molar refractivity (Wildman–Crippen MR) is 52.2 cm³/mol. The van der Waals surface area contributed by atoms with Crippen molar-refractivity contribution in [2.75, 3.05) is 7.11 Å². The Balaban J connectivity index is 3.50. The number of methoxy groups -OCH3 is 1. The monoisotopic (exact) mass is 195 g/mol. The zero-order valence-corrected chi connectivity index (χ0v) is 8.57. The van der Waals surface area contributed by atoms with Gasteiger partial charge in [-0.3, -0.25) is 0 Å². The van der Waals surface area contributed by atoms with Gasteiger partial charge in [0.05, 0.1) is 17.7 Å². The van der Waals surface area contributed by atoms with Crippen molar-refractivity contribution in [1.29, 1.82) is 5.26 Å². The average Bonchev–Trinajstić information content (AvgIpc) is 2.13. The van der Waals surface area contributed by atoms with Crippen molar-refractivity contribution in [1.82, 2.24) is 0 Å². The van der Waals surface area contributed by atoms with Crippen LogP contribution in [0.25, 0.3) is 0 Å². The van der Waals surface area contributed by atoms with Crippen LogP contribution in [0.4, 0.5) is 0 Å². The highest BCUT2D eigenvalue weighted by atomic mass is 35.5. The number of aryl methyl sites for hydroxylation is 1. The van der Waals surface area contributed by atoms with Gasteiger partial charge >= 0.3 is 0 Å². The molecule has 0 spiro atoms. The molecule has 0 bridgehead atoms. The van der Waals surface area contributed by atoms with Crippen molar-refractivity contribution in [3.63, 3.8) is 0 Å². The first-order valence-corrected chi connectivity index (χ1v) is 4.23. The molecule has 0 aliphatic carbocycles. The Hall–Kier alpha value is -1.20. The Morgan fingerprint density at radius 2 is 2.08 bits per heavy atom. The van der Waals surface area contributed by atoms with E-state index >= 15 is 0 Å². The first-order chi connectivity index (χ1) is 6.11. The van der Waals surface area contributed by atoms with Crippen molar-refractivity contribution in [2.24, 2.45) is 0 Å². The summed E-state index contributed by atoms with van der Waals surface area (Å²) in [5.41, 5.74) is 2.44. The van der Waals surface area contributed by atoms with Gasteiger partial charge in [-0.15, -0.1) is 0 Å². The molecule has 0 atom stereocenters. The molecule has 1 aromatic rings. The molecule has 0 N–H and O–H groups in total. The molecule has 1 aromatic carbocycles. The Morgan fingerprint density at radius 3 is 2.54 bits per heavy atom. The zero-order valence-electron chi connectivity index (χ0n) is 7.81. The Morgan fingerprint density at radius 1 is 1.46 bits per heavy atom. The SMILES string of the molecule is COc1c(C#N)cc(C)c(C)c1Cl. The van der Waals surface area contributed by atoms with E-state index in [1.807, 2.05) is 19.9 Å². The van der Waals surface area contributed by atoms with Crippen LogP contribution in [0.5, 0.6) is 5.75 Å². The summed E-state index contributed by atoms with van der Waals surface area (Å²) in [6.07, 6.45) is 0. The lowest BCUT2D eigenvalue weighted by atomic mass is 10.1. The molecule has 68 valence electrons. The summed E-state index contributed by atoms with van der Waals surface area (Å²) in [6, 6.07) is 3.82. The average molecular weight is 196 g/mol. The number of nitrogens with zero attached hydrogens (tertiary/aromatic N) is 1. The van der Waals surface area contributed by atoms with Gasteiger partial charge < -0.3 is 4.74 Å². The molecule has 3 heteroatoms. The van der Waals surface area contributed by atoms with Gasteiger partial charge in [0.15, 0.2) is 5.75 Å². The first-order valence-electron chi connectivity index (χ1n) is 3.85. The third-order valence-electron chi connectivity index (χ3n) is 2.05. The minimum Gasteiger partial charge on any atom is -0.494 e. The molecule has 13 heavy (non-hydrogen) atoms. The van der Waals surface area contributed by atoms with Crippen molar-refractivity contribution in [3.8, 4) is 11.8 Å². The summed E-state index contributed by atoms with van der Waals surface area (Å²) in [6.45, 7) is 3.82. The molecule has 0 heterocycles. The van der Waals surface area contributed by atoms with Gasteiger partial charge in [0, 0.05) is 0 Å². The molecule has 0 amide bonds. The molecule has 0 fully saturated rings. The number of halogens is 1. The summed E-state index contributed by atoms with van der Waals surface area (Å²) in [4.78, 5) is 0. The molecule has 0 saturated carbocycles. The van der Waals surface area contributed by atoms with Gasteiger partial charge in [0.1, 0.15) is 6.07 Å². The number of benzene rings is 1. The molecular weight excluding hydrogens is 186 g/mol. The fourth-order valence-electron chi connectivity index (χ4n) is 1.13. The molecule has 1 rings (SSSR count). The molecule has 0 aliphatic rings. The van der Waals surface area contributed by atoms with Gasteiger partial charge in [-0.1, -0.05) is 11.6 Å². The van der Waals surface area contributed by atoms with Crippen LogP contribution < -0.4 is 4.74 Å². The highest BCUT2D eigenvalue weighted by Gasteiger charge is 2.11. The maximum absolute atomic E-state index is 8.80. The van der Waals surface area contributed by atoms with E-state index in [4.69, 9.17) is 21.6 Å². The molecule has 0 radical (unpaired) electrons. The minimum atomic E-state index is 0.465. The molecule has 2 nitrogen and oxygen atoms in total. The van der Waals surface area contributed by atoms with Crippen molar-refractivity contribution in [2.45, 2.75) is 13.8 Å². The predicted octanol–water partition coefficient (Wildman–Crippen LogP) is 2.84. The summed E-state index contributed by atoms with van der Waals surface area (Å²) >= 11 is 6.01. The van der Waals surface area contributed by atoms with Crippen molar-refractivity contribution >= 4 is 11.6 Å². The van der Waals surface area contributed by atoms with Crippen LogP contribution in [0, 0.1) is 25.2 Å². The lowest BCUT2D eigenvalue weighted by molar-refractivity contribution is 0.413. The highest BCUT2D eigenvalue weighted by molar-refractivity contribution is 6.33. The van der Waals surface area contributed by atoms with E-state index in [0.717, 1.165) is 11.1 Å². The second-order valence-electron chi connectivity index (χ2n) is 2.83. The van der Waals surface area contributed by atoms with Crippen molar-refractivity contribution < 1.29 is 4.74 Å². The molecule has 0 aliphatic heterocycles. The fourth-order valence-corrected chi connectivity index (χ4v) is 1.46. The van der Waals surface area contributed by atoms with Crippen LogP contribution in [0.2, 0.25) is 5.02 Å². The second-order valence-corrected chi connectivity index (χ2v) is 3.20. The second kappa shape index (κ2) is 3.68. The van der Waals surface area contributed by atoms with Crippen LogP contribution in [0.3, 0.4) is 0 Å². The number of ether oxygens (including phenoxy) is 1. The van der Waals surface area contributed by atoms with Crippen LogP contribution in [-0.4, -0.2) is 7.11 Å². The van der Waals surface area contributed by atoms with Gasteiger partial charge in [-0.2, -0.15) is 5.26 Å². The summed E-state index contributed by atoms with van der Waals surface area (Å²) in [7, 11) is 1.51. The Labute approximate surface area is 82.7 Å². The van der Waals surface area contributed by atoms with E-state index in [0.29, 0.717) is 16.3 Å². The van der Waals surface area contributed by atoms with Gasteiger partial charge in [-0.25, -0.2) is 0 Å². The van der Waals surface area contributed by atoms with Crippen molar-refractivity contribution in [3.05, 3.63) is 27.8 Å². The molecular formula is C10H10ClNO. The molecule has 0 unspecified atom stereocenters. The normalized spacial score (nSPS) is 9.46. The van der Waals surface area contributed by atoms with Gasteiger partial charge in [-0.05, 0) is 31.0 Å². The largest absolute Gasteiger partial charge is 0.494 e. The standard InChI is InChI=1S/C10H10ClNO/c1-6-4-8(5-12)10(13-3)9(11)7(6)2/h4H,1-3H3. The van der Waals surface area contributed by atoms with E-state index in [9.17, 15) is 0 Å². The first kappa shape index (κ1) is 9.88. The lowest BCUT2D eigenvalue weighted by Gasteiger charge is -2.09. The Bertz CT molecular complexity index is 379. The number of nitriles is 1. The van der Waals surface area contributed by atoms with E-state index in [1.54, 1.807) is 6.07 Å². The highest BCUT2D eigenvalue weighted by Crippen LogP contribution is 2.33. The summed E-state index contributed by atoms with van der Waals surface area (Å²) < 4.78 is 5.05. The smallest absolute Gasteiger partial charge is 0.155 e. The third-order valence-corrected chi connectivity index (χ3v) is 2.51. The quantitative estimate of drug-likeness (QED) is 0.691. The fraction of sp³-hybridized carbons (Fsp3) is 0.300. The number of rotatable bonds is 1. The summed E-state index contributed by atoms with van der Waals surface area (Å²) in [5, 5.41) is 9.33. The van der Waals surface area contributed by atoms with E-state index in [1.165, 1.54) is 7.11 Å². The van der Waals surface area contributed by atoms with E-state index < -0.39 is 0 Å². The van der Waals surface area contributed by atoms with Gasteiger partial charge in [0.25, 0.3) is 0 Å². The molecule has 0 aromatic heterocycles. The maximum atomic E-state index is 8.80. The third kappa shape index (κ3) is 1.61. The van der Waals surface area contributed by atoms with E-state index in [2.05, 4.69) is 0 Å². The molecule has 0 saturated heterocycles. The summed E-state index contributed by atoms with van der Waals surface area (Å²) in [5.74, 6) is 0.465. The Kier molecular flexibility index (Phi) is 2.79. The van der Waals surface area contributed by atoms with Crippen LogP contribution in [0.15, 0.2) is 6.07 Å². The van der Waals surface area contributed by atoms with Crippen LogP contribution in [0.1, 0.15) is 16.7 Å². The lowest BCUT2D eigenvalue weighted by Crippen LogP contribution is -1.93. The van der Waals surface area contributed by atoms with Crippen LogP contribution in [-0.2, 0) is 0 Å². The van der Waals surface area contributed by atoms with Crippen LogP contribution >= 0.6 is 11.6 Å². The number of hydrogen-bond donors (Lipinski definition) is 0. The number of hydrogen-bond acceptors (Lipinski definition) is 2. The van der Waals surface area contributed by atoms with Gasteiger partial charge in [0.2, 0.25) is 0 Å². The zero-order chi connectivity index (χ0) is 10.0. The minimum absolute atomic E-state index is 0.465. The topological polar surface area (TPSA) is 33.0 Å².